The summed E-state index contributed by atoms with van der Waals surface area (Å²) in [5.74, 6) is 0.130. The number of piperidine rings is 1. The fourth-order valence-corrected chi connectivity index (χ4v) is 4.82. The van der Waals surface area contributed by atoms with Crippen LogP contribution in [0.1, 0.15) is 41.7 Å². The number of para-hydroxylation sites is 1. The summed E-state index contributed by atoms with van der Waals surface area (Å²) in [5.41, 5.74) is 4.57. The fourth-order valence-electron chi connectivity index (χ4n) is 4.82. The molecule has 0 radical (unpaired) electrons. The first-order chi connectivity index (χ1) is 14.2. The van der Waals surface area contributed by atoms with Gasteiger partial charge in [0.2, 0.25) is 0 Å². The second kappa shape index (κ2) is 7.45. The quantitative estimate of drug-likeness (QED) is 0.453. The summed E-state index contributed by atoms with van der Waals surface area (Å²) in [6, 6.07) is 19.3. The molecule has 0 N–H and O–H groups in total. The molecule has 3 heterocycles. The Morgan fingerprint density at radius 1 is 0.966 bits per heavy atom. The summed E-state index contributed by atoms with van der Waals surface area (Å²) >= 11 is 0. The summed E-state index contributed by atoms with van der Waals surface area (Å²) in [4.78, 5) is 18.9. The third kappa shape index (κ3) is 3.23. The van der Waals surface area contributed by atoms with Crippen molar-refractivity contribution >= 4 is 27.6 Å². The Kier molecular flexibility index (Phi) is 4.64. The van der Waals surface area contributed by atoms with Crippen molar-refractivity contribution in [2.24, 2.45) is 0 Å². The summed E-state index contributed by atoms with van der Waals surface area (Å²) in [6.07, 6.45) is 5.96. The van der Waals surface area contributed by atoms with Gasteiger partial charge in [-0.15, -0.1) is 0 Å². The van der Waals surface area contributed by atoms with Crippen LogP contribution in [-0.2, 0) is 6.54 Å². The molecule has 1 saturated heterocycles. The van der Waals surface area contributed by atoms with Crippen LogP contribution in [0.4, 0.5) is 0 Å². The van der Waals surface area contributed by atoms with Crippen LogP contribution < -0.4 is 0 Å². The highest BCUT2D eigenvalue weighted by Crippen LogP contribution is 2.37. The molecule has 0 bridgehead atoms. The van der Waals surface area contributed by atoms with E-state index >= 15 is 0 Å². The normalized spacial score (nSPS) is 15.9. The van der Waals surface area contributed by atoms with Crippen LogP contribution in [-0.4, -0.2) is 33.3 Å². The molecule has 5 rings (SSSR count). The van der Waals surface area contributed by atoms with Crippen LogP contribution in [0, 0.1) is 0 Å². The van der Waals surface area contributed by atoms with E-state index in [9.17, 15) is 4.79 Å². The molecule has 4 nitrogen and oxygen atoms in total. The maximum Gasteiger partial charge on any atom is 0.160 e. The maximum absolute atomic E-state index is 12.3. The van der Waals surface area contributed by atoms with Crippen molar-refractivity contribution < 1.29 is 4.79 Å². The van der Waals surface area contributed by atoms with Gasteiger partial charge < -0.3 is 4.57 Å². The number of aromatic nitrogens is 2. The molecule has 1 aliphatic rings. The van der Waals surface area contributed by atoms with E-state index in [1.807, 2.05) is 24.5 Å². The smallest absolute Gasteiger partial charge is 0.160 e. The molecule has 0 saturated carbocycles. The van der Waals surface area contributed by atoms with Crippen LogP contribution in [0.2, 0.25) is 0 Å². The monoisotopic (exact) mass is 383 g/mol. The van der Waals surface area contributed by atoms with Gasteiger partial charge in [-0.3, -0.25) is 14.7 Å². The molecule has 146 valence electrons. The third-order valence-corrected chi connectivity index (χ3v) is 6.19. The summed E-state index contributed by atoms with van der Waals surface area (Å²) < 4.78 is 2.49. The number of carbonyl (C=O) groups is 1. The second-order valence-corrected chi connectivity index (χ2v) is 8.01. The molecule has 2 aromatic carbocycles. The molecule has 29 heavy (non-hydrogen) atoms. The number of Topliss-reactive ketones (excluding diaryl/α,β-unsaturated/α-hetero) is 1. The number of likely N-dealkylation sites (tertiary alicyclic amines) is 1. The van der Waals surface area contributed by atoms with Gasteiger partial charge in [0.05, 0.1) is 5.52 Å². The number of pyridine rings is 1. The summed E-state index contributed by atoms with van der Waals surface area (Å²) in [7, 11) is 0. The number of hydrogen-bond donors (Lipinski definition) is 0. The Labute approximate surface area is 170 Å². The Balaban J connectivity index is 1.49. The number of benzene rings is 2. The molecule has 0 atom stereocenters. The van der Waals surface area contributed by atoms with Gasteiger partial charge in [0, 0.05) is 59.9 Å². The summed E-state index contributed by atoms with van der Waals surface area (Å²) in [6.45, 7) is 4.80. The molecule has 2 aromatic heterocycles. The zero-order chi connectivity index (χ0) is 19.8. The zero-order valence-electron chi connectivity index (χ0n) is 16.7. The molecular weight excluding hydrogens is 358 g/mol. The highest BCUT2D eigenvalue weighted by Gasteiger charge is 2.25. The van der Waals surface area contributed by atoms with Crippen molar-refractivity contribution in [3.63, 3.8) is 0 Å². The number of hydrogen-bond acceptors (Lipinski definition) is 3. The second-order valence-electron chi connectivity index (χ2n) is 8.01. The van der Waals surface area contributed by atoms with Gasteiger partial charge in [-0.25, -0.2) is 0 Å². The van der Waals surface area contributed by atoms with Gasteiger partial charge in [-0.05, 0) is 49.6 Å². The molecule has 1 fully saturated rings. The number of rotatable bonds is 4. The highest BCUT2D eigenvalue weighted by molar-refractivity contribution is 6.18. The zero-order valence-corrected chi connectivity index (χ0v) is 16.7. The van der Waals surface area contributed by atoms with Crippen molar-refractivity contribution in [1.82, 2.24) is 14.5 Å². The lowest BCUT2D eigenvalue weighted by molar-refractivity contribution is 0.101. The minimum Gasteiger partial charge on any atom is -0.337 e. The lowest BCUT2D eigenvalue weighted by atomic mass is 10.0. The van der Waals surface area contributed by atoms with Crippen LogP contribution in [0.5, 0.6) is 0 Å². The predicted octanol–water partition coefficient (Wildman–Crippen LogP) is 5.23. The van der Waals surface area contributed by atoms with Gasteiger partial charge in [-0.2, -0.15) is 0 Å². The summed E-state index contributed by atoms with van der Waals surface area (Å²) in [5, 5.41) is 2.29. The van der Waals surface area contributed by atoms with E-state index in [-0.39, 0.29) is 5.78 Å². The average molecular weight is 383 g/mol. The van der Waals surface area contributed by atoms with Crippen molar-refractivity contribution in [1.29, 1.82) is 0 Å². The number of nitrogens with zero attached hydrogens (tertiary/aromatic N) is 3. The lowest BCUT2D eigenvalue weighted by Crippen LogP contribution is -2.34. The standard InChI is InChI=1S/C25H25N3O/c1-18(29)21-6-4-8-24-25(21)22-5-2-3-7-23(22)28(24)20-11-15-27(16-12-20)17-19-9-13-26-14-10-19/h2-10,13-14,20H,11-12,15-17H2,1H3. The van der Waals surface area contributed by atoms with Crippen LogP contribution >= 0.6 is 0 Å². The molecule has 0 amide bonds. The van der Waals surface area contributed by atoms with E-state index in [0.717, 1.165) is 43.4 Å². The predicted molar refractivity (Wildman–Crippen MR) is 117 cm³/mol. The largest absolute Gasteiger partial charge is 0.337 e. The van der Waals surface area contributed by atoms with Crippen LogP contribution in [0.15, 0.2) is 67.0 Å². The van der Waals surface area contributed by atoms with Gasteiger partial charge >= 0.3 is 0 Å². The van der Waals surface area contributed by atoms with Gasteiger partial charge in [0.25, 0.3) is 0 Å². The van der Waals surface area contributed by atoms with Gasteiger partial charge in [-0.1, -0.05) is 30.3 Å². The number of ketones is 1. The van der Waals surface area contributed by atoms with E-state index in [2.05, 4.69) is 56.9 Å². The first-order valence-corrected chi connectivity index (χ1v) is 10.4. The van der Waals surface area contributed by atoms with Crippen LogP contribution in [0.3, 0.4) is 0 Å². The minimum atomic E-state index is 0.130. The maximum atomic E-state index is 12.3. The molecule has 0 unspecified atom stereocenters. The van der Waals surface area contributed by atoms with Gasteiger partial charge in [0.1, 0.15) is 0 Å². The Bertz CT molecular complexity index is 1170. The SMILES string of the molecule is CC(=O)c1cccc2c1c1ccccc1n2C1CCN(Cc2ccncc2)CC1. The van der Waals surface area contributed by atoms with Gasteiger partial charge in [0.15, 0.2) is 5.78 Å². The number of fused-ring (bicyclic) bond motifs is 3. The van der Waals surface area contributed by atoms with E-state index in [4.69, 9.17) is 0 Å². The Morgan fingerprint density at radius 2 is 1.69 bits per heavy atom. The fraction of sp³-hybridized carbons (Fsp3) is 0.280. The van der Waals surface area contributed by atoms with E-state index < -0.39 is 0 Å². The Hall–Kier alpha value is -2.98. The number of carbonyl (C=O) groups excluding carboxylic acids is 1. The van der Waals surface area contributed by atoms with Crippen molar-refractivity contribution in [3.8, 4) is 0 Å². The molecule has 4 aromatic rings. The Morgan fingerprint density at radius 3 is 2.45 bits per heavy atom. The minimum absolute atomic E-state index is 0.130. The van der Waals surface area contributed by atoms with E-state index in [1.54, 1.807) is 6.92 Å². The average Bonchev–Trinajstić information content (AvgIpc) is 3.09. The van der Waals surface area contributed by atoms with Crippen molar-refractivity contribution in [2.45, 2.75) is 32.4 Å². The lowest BCUT2D eigenvalue weighted by Gasteiger charge is -2.33. The molecule has 0 spiro atoms. The van der Waals surface area contributed by atoms with Crippen molar-refractivity contribution in [3.05, 3.63) is 78.1 Å². The van der Waals surface area contributed by atoms with Crippen LogP contribution in [0.25, 0.3) is 21.8 Å². The molecule has 1 aliphatic heterocycles. The molecule has 4 heteroatoms. The first-order valence-electron chi connectivity index (χ1n) is 10.4. The molecule has 0 aliphatic carbocycles. The highest BCUT2D eigenvalue weighted by atomic mass is 16.1. The van der Waals surface area contributed by atoms with E-state index in [0.29, 0.717) is 6.04 Å². The van der Waals surface area contributed by atoms with E-state index in [1.165, 1.54) is 22.0 Å². The first kappa shape index (κ1) is 18.1. The third-order valence-electron chi connectivity index (χ3n) is 6.19. The van der Waals surface area contributed by atoms with Crippen molar-refractivity contribution in [2.75, 3.05) is 13.1 Å². The topological polar surface area (TPSA) is 38.1 Å². The molecular formula is C25H25N3O.